The maximum Gasteiger partial charge on any atom is 0.276 e. The van der Waals surface area contributed by atoms with Gasteiger partial charge in [0.15, 0.2) is 0 Å². The monoisotopic (exact) mass is 577 g/mol. The van der Waals surface area contributed by atoms with Gasteiger partial charge in [-0.15, -0.1) is 0 Å². The van der Waals surface area contributed by atoms with Gasteiger partial charge < -0.3 is 10.2 Å². The van der Waals surface area contributed by atoms with Crippen molar-refractivity contribution >= 4 is 16.9 Å². The summed E-state index contributed by atoms with van der Waals surface area (Å²) in [5.74, 6) is -3.76. The number of anilines is 1. The highest BCUT2D eigenvalue weighted by atomic mass is 19.3. The number of pyridine rings is 1. The lowest BCUT2D eigenvalue weighted by molar-refractivity contribution is -0.0855. The van der Waals surface area contributed by atoms with Crippen molar-refractivity contribution < 1.29 is 12.9 Å². The minimum absolute atomic E-state index is 0.177. The van der Waals surface area contributed by atoms with Gasteiger partial charge in [0.05, 0.1) is 16.9 Å². The van der Waals surface area contributed by atoms with E-state index in [-0.39, 0.29) is 22.5 Å². The van der Waals surface area contributed by atoms with E-state index in [0.29, 0.717) is 61.9 Å². The maximum atomic E-state index is 16.0. The van der Waals surface area contributed by atoms with Crippen molar-refractivity contribution in [2.45, 2.75) is 95.0 Å². The van der Waals surface area contributed by atoms with Crippen LogP contribution in [0, 0.1) is 17.2 Å². The van der Waals surface area contributed by atoms with Crippen molar-refractivity contribution in [1.82, 2.24) is 19.4 Å². The highest BCUT2D eigenvalue weighted by Crippen LogP contribution is 2.47. The first-order chi connectivity index (χ1) is 21.5. The Morgan fingerprint density at radius 2 is 1.76 bits per heavy atom. The Balaban J connectivity index is 1.45. The van der Waals surface area contributed by atoms with Crippen molar-refractivity contribution in [2.24, 2.45) is 5.92 Å². The van der Waals surface area contributed by atoms with Gasteiger partial charge in [0, 0.05) is 33.7 Å². The molecule has 1 aromatic carbocycles. The molecule has 222 valence electrons. The normalized spacial score (nSPS) is 27.4. The number of halogens is 2. The molecule has 2 fully saturated rings. The molecule has 9 heteroatoms. The number of rotatable bonds is 1. The third kappa shape index (κ3) is 5.54. The molecule has 5 heterocycles. The van der Waals surface area contributed by atoms with Crippen LogP contribution in [0.3, 0.4) is 0 Å². The van der Waals surface area contributed by atoms with E-state index in [0.717, 1.165) is 45.1 Å². The van der Waals surface area contributed by atoms with Crippen LogP contribution in [0.25, 0.3) is 11.0 Å². The highest BCUT2D eigenvalue weighted by Gasteiger charge is 2.47. The molecule has 7 nitrogen and oxygen atoms in total. The number of nitrogens with zero attached hydrogens (tertiary/aromatic N) is 5. The highest BCUT2D eigenvalue weighted by molar-refractivity contribution is 5.87. The lowest BCUT2D eigenvalue weighted by Crippen LogP contribution is -2.40. The fourth-order valence-corrected chi connectivity index (χ4v) is 6.63. The van der Waals surface area contributed by atoms with E-state index in [1.807, 2.05) is 0 Å². The SMILES string of the molecule is [2H]C([2H])([2H])[C@H]1Nc2ncnc3c2cc(C2(C#N)CC2)c(=O)n3CCCCCCCCN2CCC(CC2)C(F)(F)c2cccc1c2. The van der Waals surface area contributed by atoms with Crippen LogP contribution in [-0.4, -0.2) is 39.1 Å². The number of aromatic nitrogens is 3. The zero-order chi connectivity index (χ0) is 31.8. The van der Waals surface area contributed by atoms with Crippen LogP contribution < -0.4 is 10.9 Å². The first-order valence-corrected chi connectivity index (χ1v) is 15.3. The first-order valence-electron chi connectivity index (χ1n) is 16.8. The van der Waals surface area contributed by atoms with Gasteiger partial charge in [-0.3, -0.25) is 9.36 Å². The van der Waals surface area contributed by atoms with E-state index in [4.69, 9.17) is 4.11 Å². The maximum absolute atomic E-state index is 16.0. The third-order valence-corrected chi connectivity index (χ3v) is 9.45. The van der Waals surface area contributed by atoms with Gasteiger partial charge in [-0.2, -0.15) is 5.26 Å². The number of nitriles is 1. The van der Waals surface area contributed by atoms with Crippen LogP contribution in [0.1, 0.15) is 97.9 Å². The lowest BCUT2D eigenvalue weighted by Gasteiger charge is -2.36. The number of nitrogens with one attached hydrogen (secondary N) is 1. The Bertz CT molecular complexity index is 1640. The Kier molecular flexibility index (Phi) is 7.02. The van der Waals surface area contributed by atoms with Crippen LogP contribution >= 0.6 is 0 Å². The number of aryl methyl sites for hydroxylation is 1. The van der Waals surface area contributed by atoms with Crippen molar-refractivity contribution in [3.05, 3.63) is 63.7 Å². The molecule has 3 aromatic rings. The smallest absolute Gasteiger partial charge is 0.276 e. The second-order valence-corrected chi connectivity index (χ2v) is 12.2. The van der Waals surface area contributed by atoms with E-state index < -0.39 is 30.1 Å². The van der Waals surface area contributed by atoms with E-state index >= 15 is 8.78 Å². The molecule has 2 aromatic heterocycles. The molecule has 4 aliphatic rings. The predicted molar refractivity (Wildman–Crippen MR) is 160 cm³/mol. The molecular formula is C33H40F2N6O. The van der Waals surface area contributed by atoms with Crippen LogP contribution in [0.15, 0.2) is 41.5 Å². The molecule has 1 saturated carbocycles. The molecule has 0 spiro atoms. The van der Waals surface area contributed by atoms with Crippen LogP contribution in [0.5, 0.6) is 0 Å². The minimum atomic E-state index is -3.11. The zero-order valence-electron chi connectivity index (χ0n) is 26.9. The summed E-state index contributed by atoms with van der Waals surface area (Å²) < 4.78 is 58.7. The molecule has 1 N–H and O–H groups in total. The van der Waals surface area contributed by atoms with E-state index in [9.17, 15) is 10.1 Å². The second-order valence-electron chi connectivity index (χ2n) is 12.2. The quantitative estimate of drug-likeness (QED) is 0.347. The summed E-state index contributed by atoms with van der Waals surface area (Å²) in [6.07, 6.45) is 9.05. The minimum Gasteiger partial charge on any atom is -0.363 e. The van der Waals surface area contributed by atoms with Gasteiger partial charge in [0.1, 0.15) is 17.8 Å². The fourth-order valence-electron chi connectivity index (χ4n) is 6.63. The van der Waals surface area contributed by atoms with Gasteiger partial charge in [-0.1, -0.05) is 43.9 Å². The average Bonchev–Trinajstić information content (AvgIpc) is 3.82. The molecule has 8 bridgehead atoms. The topological polar surface area (TPSA) is 86.8 Å². The van der Waals surface area contributed by atoms with Gasteiger partial charge in [0.25, 0.3) is 11.5 Å². The van der Waals surface area contributed by atoms with Gasteiger partial charge >= 0.3 is 0 Å². The van der Waals surface area contributed by atoms with E-state index in [1.54, 1.807) is 16.7 Å². The van der Waals surface area contributed by atoms with Gasteiger partial charge in [0.2, 0.25) is 0 Å². The Morgan fingerprint density at radius 3 is 2.48 bits per heavy atom. The Morgan fingerprint density at radius 1 is 1.02 bits per heavy atom. The third-order valence-electron chi connectivity index (χ3n) is 9.45. The molecule has 0 radical (unpaired) electrons. The molecule has 1 saturated heterocycles. The number of hydrogen-bond donors (Lipinski definition) is 1. The van der Waals surface area contributed by atoms with Crippen molar-refractivity contribution in [1.29, 1.82) is 5.26 Å². The van der Waals surface area contributed by atoms with E-state index in [2.05, 4.69) is 26.3 Å². The van der Waals surface area contributed by atoms with Crippen molar-refractivity contribution in [3.8, 4) is 6.07 Å². The van der Waals surface area contributed by atoms with Crippen LogP contribution in [-0.2, 0) is 17.9 Å². The lowest BCUT2D eigenvalue weighted by atomic mass is 9.85. The second kappa shape index (κ2) is 11.7. The van der Waals surface area contributed by atoms with Gasteiger partial charge in [-0.25, -0.2) is 18.7 Å². The largest absolute Gasteiger partial charge is 0.363 e. The summed E-state index contributed by atoms with van der Waals surface area (Å²) in [6.45, 7) is -0.0479. The number of piperidine rings is 1. The predicted octanol–water partition coefficient (Wildman–Crippen LogP) is 6.68. The molecule has 1 aliphatic carbocycles. The number of benzene rings is 1. The summed E-state index contributed by atoms with van der Waals surface area (Å²) in [4.78, 5) is 24.9. The molecule has 1 atom stereocenters. The summed E-state index contributed by atoms with van der Waals surface area (Å²) >= 11 is 0. The zero-order valence-corrected chi connectivity index (χ0v) is 23.9. The van der Waals surface area contributed by atoms with Crippen LogP contribution in [0.2, 0.25) is 0 Å². The molecular weight excluding hydrogens is 534 g/mol. The standard InChI is InChI=1S/C33H40F2N6O/c1-23-24-9-8-10-26(19-24)33(34,35)25-11-17-40(18-12-25)15-6-4-2-3-5-7-16-41-30-27(29(39-23)37-22-38-30)20-28(31(41)42)32(21-36)13-14-32/h8-10,19-20,22-23,25H,2-7,11-18H2,1H3,(H,37,38,39)/t23-/m1/s1/i1D3. The first kappa shape index (κ1) is 25.1. The summed E-state index contributed by atoms with van der Waals surface area (Å²) in [6, 6.07) is 8.30. The Hall–Kier alpha value is -3.38. The number of hydrogen-bond acceptors (Lipinski definition) is 6. The average molecular weight is 578 g/mol. The molecule has 3 aliphatic heterocycles. The number of alkyl halides is 2. The number of fused-ring (bicyclic) bond motifs is 10. The fraction of sp³-hybridized carbons (Fsp3) is 0.576. The molecule has 0 amide bonds. The summed E-state index contributed by atoms with van der Waals surface area (Å²) in [5, 5.41) is 13.4. The van der Waals surface area contributed by atoms with Crippen LogP contribution in [0.4, 0.5) is 14.6 Å². The molecule has 0 unspecified atom stereocenters. The van der Waals surface area contributed by atoms with Crippen molar-refractivity contribution in [2.75, 3.05) is 25.0 Å². The molecule has 42 heavy (non-hydrogen) atoms. The van der Waals surface area contributed by atoms with E-state index in [1.165, 1.54) is 24.5 Å². The van der Waals surface area contributed by atoms with Crippen molar-refractivity contribution in [3.63, 3.8) is 0 Å². The summed E-state index contributed by atoms with van der Waals surface area (Å²) in [5.41, 5.74) is -0.419. The van der Waals surface area contributed by atoms with Gasteiger partial charge in [-0.05, 0) is 82.7 Å². The Labute approximate surface area is 250 Å². The molecule has 7 rings (SSSR count). The summed E-state index contributed by atoms with van der Waals surface area (Å²) in [7, 11) is 0.